The summed E-state index contributed by atoms with van der Waals surface area (Å²) < 4.78 is 6.42. The van der Waals surface area contributed by atoms with Gasteiger partial charge in [0.05, 0.1) is 11.4 Å². The van der Waals surface area contributed by atoms with Crippen LogP contribution in [0.25, 0.3) is 0 Å². The number of epoxide rings is 1. The second-order valence-electron chi connectivity index (χ2n) is 11.8. The number of hydrogen-bond donors (Lipinski definition) is 3. The molecule has 166 valence electrons. The van der Waals surface area contributed by atoms with E-state index in [0.29, 0.717) is 5.71 Å². The fourth-order valence-electron chi connectivity index (χ4n) is 8.52. The molecule has 2 heterocycles. The molecule has 2 saturated carbocycles. The molecule has 0 amide bonds. The molecule has 7 atom stereocenters. The molecule has 1 aromatic rings. The van der Waals surface area contributed by atoms with E-state index in [2.05, 4.69) is 54.3 Å². The first-order valence-corrected chi connectivity index (χ1v) is 11.5. The van der Waals surface area contributed by atoms with Crippen molar-refractivity contribution in [2.24, 2.45) is 21.7 Å². The highest BCUT2D eigenvalue weighted by Crippen LogP contribution is 2.73. The van der Waals surface area contributed by atoms with Crippen molar-refractivity contribution in [1.82, 2.24) is 0 Å². The van der Waals surface area contributed by atoms with E-state index in [1.807, 2.05) is 23.5 Å². The first kappa shape index (κ1) is 20.1. The van der Waals surface area contributed by atoms with Gasteiger partial charge in [-0.25, -0.2) is 0 Å². The minimum Gasteiger partial charge on any atom is -0.468 e. The van der Waals surface area contributed by atoms with Gasteiger partial charge in [-0.1, -0.05) is 45.9 Å². The van der Waals surface area contributed by atoms with Gasteiger partial charge in [0.1, 0.15) is 17.7 Å². The highest BCUT2D eigenvalue weighted by Gasteiger charge is 2.89. The van der Waals surface area contributed by atoms with Gasteiger partial charge in [0.25, 0.3) is 0 Å². The largest absolute Gasteiger partial charge is 0.468 e. The Morgan fingerprint density at radius 1 is 1.16 bits per heavy atom. The molecule has 7 unspecified atom stereocenters. The Labute approximate surface area is 184 Å². The van der Waals surface area contributed by atoms with E-state index in [4.69, 9.17) is 9.73 Å². The summed E-state index contributed by atoms with van der Waals surface area (Å²) in [7, 11) is 4.28. The summed E-state index contributed by atoms with van der Waals surface area (Å²) >= 11 is 0. The Hall–Kier alpha value is -1.53. The van der Waals surface area contributed by atoms with Crippen molar-refractivity contribution >= 4 is 11.4 Å². The third kappa shape index (κ3) is 1.66. The van der Waals surface area contributed by atoms with Crippen molar-refractivity contribution in [3.05, 3.63) is 49.0 Å². The Bertz CT molecular complexity index is 1080. The van der Waals surface area contributed by atoms with Gasteiger partial charge in [0.2, 0.25) is 0 Å². The summed E-state index contributed by atoms with van der Waals surface area (Å²) in [6.45, 7) is 14.9. The maximum absolute atomic E-state index is 13.2. The zero-order valence-electron chi connectivity index (χ0n) is 19.2. The number of aliphatic hydroxyl groups is 2. The third-order valence-electron chi connectivity index (χ3n) is 10.2. The first-order chi connectivity index (χ1) is 14.4. The molecule has 5 nitrogen and oxygen atoms in total. The molecular weight excluding hydrogens is 388 g/mol. The van der Waals surface area contributed by atoms with Crippen LogP contribution >= 0.6 is 0 Å². The van der Waals surface area contributed by atoms with Crippen LogP contribution in [0.3, 0.4) is 0 Å². The van der Waals surface area contributed by atoms with E-state index >= 15 is 0 Å². The SMILES string of the molecule is C=CC1(C)CCC2C(C)(C)c3cccc4c3C3(O)C(=N4)C(C)(C)C4OC4C1([NH2+][CH2-])C23O. The number of aliphatic imine (C=N–C) groups is 1. The third-order valence-corrected chi connectivity index (χ3v) is 10.2. The first-order valence-electron chi connectivity index (χ1n) is 11.5. The Morgan fingerprint density at radius 3 is 2.52 bits per heavy atom. The van der Waals surface area contributed by atoms with Crippen LogP contribution in [0.15, 0.2) is 35.8 Å². The molecule has 5 aliphatic rings. The van der Waals surface area contributed by atoms with Gasteiger partial charge in [0.15, 0.2) is 11.2 Å². The molecule has 0 radical (unpaired) electrons. The van der Waals surface area contributed by atoms with E-state index in [9.17, 15) is 10.2 Å². The van der Waals surface area contributed by atoms with Crippen LogP contribution in [0.1, 0.15) is 58.6 Å². The zero-order chi connectivity index (χ0) is 22.4. The van der Waals surface area contributed by atoms with E-state index in [1.165, 1.54) is 0 Å². The molecule has 0 aromatic heterocycles. The van der Waals surface area contributed by atoms with Crippen molar-refractivity contribution in [3.8, 4) is 0 Å². The number of nitrogens with zero attached hydrogens (tertiary/aromatic N) is 1. The molecule has 1 aromatic carbocycles. The molecule has 3 aliphatic carbocycles. The van der Waals surface area contributed by atoms with Crippen molar-refractivity contribution in [2.45, 2.75) is 81.8 Å². The molecule has 0 bridgehead atoms. The number of rotatable bonds is 2. The standard InChI is InChI=1S/C26H34N2O3/c1-8-23(6)13-12-16-21(2,3)14-10-9-11-15-17(14)24(29)20(28-15)22(4,5)18-19(31-18)25(23,27-7)26(16,24)30/h8-11,16,18-19,29-30H,1,7,12-13,27H2,2-6H3. The van der Waals surface area contributed by atoms with Crippen molar-refractivity contribution in [2.75, 3.05) is 0 Å². The normalized spacial score (nSPS) is 49.4. The van der Waals surface area contributed by atoms with E-state index in [1.54, 1.807) is 0 Å². The fraction of sp³-hybridized carbons (Fsp3) is 0.615. The Morgan fingerprint density at radius 2 is 1.87 bits per heavy atom. The number of hydrogen-bond acceptors (Lipinski definition) is 4. The lowest BCUT2D eigenvalue weighted by molar-refractivity contribution is -0.723. The molecule has 2 aliphatic heterocycles. The monoisotopic (exact) mass is 422 g/mol. The lowest BCUT2D eigenvalue weighted by atomic mass is 9.39. The topological polar surface area (TPSA) is 82.0 Å². The van der Waals surface area contributed by atoms with Crippen LogP contribution in [-0.2, 0) is 15.8 Å². The maximum Gasteiger partial charge on any atom is 0.166 e. The van der Waals surface area contributed by atoms with Gasteiger partial charge in [-0.2, -0.15) is 7.05 Å². The molecule has 1 saturated heterocycles. The van der Waals surface area contributed by atoms with Gasteiger partial charge >= 0.3 is 0 Å². The van der Waals surface area contributed by atoms with Crippen LogP contribution in [0.4, 0.5) is 5.69 Å². The minimum absolute atomic E-state index is 0.151. The summed E-state index contributed by atoms with van der Waals surface area (Å²) in [5.41, 5.74) is -2.12. The molecule has 0 spiro atoms. The smallest absolute Gasteiger partial charge is 0.166 e. The molecule has 3 fully saturated rings. The highest BCUT2D eigenvalue weighted by atomic mass is 16.6. The Balaban J connectivity index is 1.83. The van der Waals surface area contributed by atoms with Crippen molar-refractivity contribution < 1.29 is 20.3 Å². The second kappa shape index (κ2) is 5.17. The number of fused-ring (bicyclic) bond motifs is 2. The van der Waals surface area contributed by atoms with Crippen LogP contribution in [0.5, 0.6) is 0 Å². The lowest BCUT2D eigenvalue weighted by Gasteiger charge is -2.68. The lowest BCUT2D eigenvalue weighted by Crippen LogP contribution is -3.07. The average molecular weight is 423 g/mol. The van der Waals surface area contributed by atoms with Crippen molar-refractivity contribution in [3.63, 3.8) is 0 Å². The van der Waals surface area contributed by atoms with Gasteiger partial charge in [-0.15, -0.1) is 6.58 Å². The van der Waals surface area contributed by atoms with E-state index in [0.717, 1.165) is 29.7 Å². The second-order valence-corrected chi connectivity index (χ2v) is 11.8. The molecular formula is C26H34N2O3. The highest BCUT2D eigenvalue weighted by molar-refractivity contribution is 6.07. The van der Waals surface area contributed by atoms with Crippen LogP contribution in [0.2, 0.25) is 0 Å². The molecule has 6 rings (SSSR count). The van der Waals surface area contributed by atoms with Gasteiger partial charge in [-0.05, 0) is 36.8 Å². The predicted molar refractivity (Wildman–Crippen MR) is 119 cm³/mol. The van der Waals surface area contributed by atoms with Gasteiger partial charge in [0, 0.05) is 22.3 Å². The van der Waals surface area contributed by atoms with Crippen molar-refractivity contribution in [1.29, 1.82) is 0 Å². The number of ether oxygens (including phenoxy) is 1. The predicted octanol–water partition coefficient (Wildman–Crippen LogP) is 2.49. The van der Waals surface area contributed by atoms with E-state index < -0.39 is 27.6 Å². The summed E-state index contributed by atoms with van der Waals surface area (Å²) in [6, 6.07) is 6.10. The molecule has 4 N–H and O–H groups in total. The number of nitrogens with two attached hydrogens (primary N) is 1. The molecule has 5 heteroatoms. The average Bonchev–Trinajstić information content (AvgIpc) is 3.46. The number of benzene rings is 1. The van der Waals surface area contributed by atoms with Gasteiger partial charge < -0.3 is 20.3 Å². The van der Waals surface area contributed by atoms with Crippen LogP contribution in [-0.4, -0.2) is 39.3 Å². The Kier molecular flexibility index (Phi) is 3.35. The van der Waals surface area contributed by atoms with Crippen LogP contribution < -0.4 is 5.32 Å². The molecule has 31 heavy (non-hydrogen) atoms. The summed E-state index contributed by atoms with van der Waals surface area (Å²) in [5, 5.41) is 28.0. The summed E-state index contributed by atoms with van der Waals surface area (Å²) in [5.74, 6) is -0.194. The number of quaternary nitrogens is 1. The zero-order valence-corrected chi connectivity index (χ0v) is 19.2. The van der Waals surface area contributed by atoms with Crippen LogP contribution in [0, 0.1) is 23.8 Å². The minimum atomic E-state index is -1.60. The quantitative estimate of drug-likeness (QED) is 0.389. The fourth-order valence-corrected chi connectivity index (χ4v) is 8.52. The van der Waals surface area contributed by atoms with E-state index in [-0.39, 0.29) is 23.5 Å². The summed E-state index contributed by atoms with van der Waals surface area (Å²) in [6.07, 6.45) is 3.19. The summed E-state index contributed by atoms with van der Waals surface area (Å²) in [4.78, 5) is 5.03. The maximum atomic E-state index is 13.2. The van der Waals surface area contributed by atoms with Gasteiger partial charge in [-0.3, -0.25) is 4.99 Å².